The summed E-state index contributed by atoms with van der Waals surface area (Å²) >= 11 is 8.04. The van der Waals surface area contributed by atoms with Gasteiger partial charge in [-0.1, -0.05) is 72.3 Å². The summed E-state index contributed by atoms with van der Waals surface area (Å²) in [4.78, 5) is 5.78. The van der Waals surface area contributed by atoms with Gasteiger partial charge in [-0.25, -0.2) is 4.99 Å². The molecule has 0 radical (unpaired) electrons. The van der Waals surface area contributed by atoms with Crippen molar-refractivity contribution in [1.29, 1.82) is 0 Å². The zero-order chi connectivity index (χ0) is 17.8. The molecule has 4 heteroatoms. The van der Waals surface area contributed by atoms with Crippen LogP contribution in [0.4, 0.5) is 0 Å². The molecule has 0 aromatic heterocycles. The number of aliphatic imine (C=N–C) groups is 1. The summed E-state index contributed by atoms with van der Waals surface area (Å²) in [5, 5.41) is 0.767. The van der Waals surface area contributed by atoms with Gasteiger partial charge < -0.3 is 4.74 Å². The van der Waals surface area contributed by atoms with E-state index in [0.29, 0.717) is 12.4 Å². The third kappa shape index (κ3) is 3.50. The first-order valence-corrected chi connectivity index (χ1v) is 9.85. The summed E-state index contributed by atoms with van der Waals surface area (Å²) < 4.78 is 6.47. The monoisotopic (exact) mass is 379 g/mol. The van der Waals surface area contributed by atoms with Crippen molar-refractivity contribution in [2.45, 2.75) is 10.5 Å². The molecule has 0 saturated carbocycles. The summed E-state index contributed by atoms with van der Waals surface area (Å²) in [7, 11) is 0. The Morgan fingerprint density at radius 2 is 1.54 bits per heavy atom. The van der Waals surface area contributed by atoms with Crippen molar-refractivity contribution >= 4 is 29.3 Å². The summed E-state index contributed by atoms with van der Waals surface area (Å²) in [5.41, 5.74) is 1.65. The average Bonchev–Trinajstić information content (AvgIpc) is 3.15. The lowest BCUT2D eigenvalue weighted by molar-refractivity contribution is 0.114. The fraction of sp³-hybridized carbons (Fsp3) is 0.136. The lowest BCUT2D eigenvalue weighted by atomic mass is 9.96. The number of ether oxygens (including phenoxy) is 1. The zero-order valence-corrected chi connectivity index (χ0v) is 15.7. The van der Waals surface area contributed by atoms with Crippen molar-refractivity contribution in [3.8, 4) is 0 Å². The largest absolute Gasteiger partial charge is 0.463 e. The van der Waals surface area contributed by atoms with Gasteiger partial charge >= 0.3 is 0 Å². The van der Waals surface area contributed by atoms with Gasteiger partial charge in [-0.15, -0.1) is 11.8 Å². The Morgan fingerprint density at radius 3 is 2.27 bits per heavy atom. The number of halogens is 1. The maximum absolute atomic E-state index is 6.47. The molecule has 3 aromatic carbocycles. The number of nitrogens with zero attached hydrogens (tertiary/aromatic N) is 1. The van der Waals surface area contributed by atoms with Crippen LogP contribution in [0.15, 0.2) is 94.8 Å². The van der Waals surface area contributed by atoms with Crippen LogP contribution >= 0.6 is 23.4 Å². The molecule has 0 saturated heterocycles. The van der Waals surface area contributed by atoms with Crippen LogP contribution < -0.4 is 0 Å². The maximum atomic E-state index is 6.47. The molecular weight excluding hydrogens is 362 g/mol. The van der Waals surface area contributed by atoms with E-state index in [9.17, 15) is 0 Å². The van der Waals surface area contributed by atoms with E-state index >= 15 is 0 Å². The molecule has 0 aliphatic carbocycles. The third-order valence-corrected chi connectivity index (χ3v) is 6.11. The van der Waals surface area contributed by atoms with Gasteiger partial charge in [-0.2, -0.15) is 0 Å². The normalized spacial score (nSPS) is 19.0. The summed E-state index contributed by atoms with van der Waals surface area (Å²) in [5.74, 6) is 1.44. The van der Waals surface area contributed by atoms with E-state index in [2.05, 4.69) is 12.1 Å². The molecule has 0 fully saturated rings. The van der Waals surface area contributed by atoms with Crippen LogP contribution in [0.1, 0.15) is 11.1 Å². The summed E-state index contributed by atoms with van der Waals surface area (Å²) in [6.07, 6.45) is 0. The lowest BCUT2D eigenvalue weighted by Gasteiger charge is -2.29. The van der Waals surface area contributed by atoms with Gasteiger partial charge in [0.15, 0.2) is 5.60 Å². The van der Waals surface area contributed by atoms with Crippen LogP contribution in [0.25, 0.3) is 0 Å². The van der Waals surface area contributed by atoms with Crippen LogP contribution in [0.5, 0.6) is 0 Å². The first-order chi connectivity index (χ1) is 12.8. The van der Waals surface area contributed by atoms with Crippen molar-refractivity contribution in [3.63, 3.8) is 0 Å². The molecule has 0 N–H and O–H groups in total. The molecule has 0 spiro atoms. The quantitative estimate of drug-likeness (QED) is 0.522. The topological polar surface area (TPSA) is 21.6 Å². The van der Waals surface area contributed by atoms with E-state index in [1.54, 1.807) is 11.8 Å². The highest BCUT2D eigenvalue weighted by Crippen LogP contribution is 2.39. The van der Waals surface area contributed by atoms with E-state index in [0.717, 1.165) is 26.8 Å². The Balaban J connectivity index is 1.62. The number of benzene rings is 3. The highest BCUT2D eigenvalue weighted by molar-refractivity contribution is 7.99. The Hall–Kier alpha value is -2.23. The predicted molar refractivity (Wildman–Crippen MR) is 109 cm³/mol. The molecule has 1 aliphatic heterocycles. The smallest absolute Gasteiger partial charge is 0.217 e. The van der Waals surface area contributed by atoms with Gasteiger partial charge in [0.2, 0.25) is 5.90 Å². The van der Waals surface area contributed by atoms with E-state index in [-0.39, 0.29) is 0 Å². The van der Waals surface area contributed by atoms with Crippen LogP contribution in [-0.4, -0.2) is 18.2 Å². The van der Waals surface area contributed by atoms with Crippen molar-refractivity contribution in [3.05, 3.63) is 101 Å². The minimum atomic E-state index is -0.490. The minimum Gasteiger partial charge on any atom is -0.463 e. The van der Waals surface area contributed by atoms with E-state index in [1.807, 2.05) is 72.8 Å². The fourth-order valence-corrected chi connectivity index (χ4v) is 4.37. The summed E-state index contributed by atoms with van der Waals surface area (Å²) in [6, 6.07) is 28.3. The van der Waals surface area contributed by atoms with Gasteiger partial charge in [-0.05, 0) is 29.8 Å². The van der Waals surface area contributed by atoms with Crippen LogP contribution in [-0.2, 0) is 10.3 Å². The Kier molecular flexibility index (Phi) is 5.00. The Morgan fingerprint density at radius 1 is 0.885 bits per heavy atom. The molecule has 130 valence electrons. The highest BCUT2D eigenvalue weighted by atomic mass is 35.5. The number of thioether (sulfide) groups is 1. The fourth-order valence-electron chi connectivity index (χ4n) is 2.99. The zero-order valence-electron chi connectivity index (χ0n) is 14.1. The molecule has 4 rings (SSSR count). The predicted octanol–water partition coefficient (Wildman–Crippen LogP) is 5.80. The lowest BCUT2D eigenvalue weighted by Crippen LogP contribution is -2.33. The molecule has 26 heavy (non-hydrogen) atoms. The second-order valence-corrected chi connectivity index (χ2v) is 7.59. The van der Waals surface area contributed by atoms with Crippen LogP contribution in [0, 0.1) is 0 Å². The van der Waals surface area contributed by atoms with Crippen molar-refractivity contribution in [2.75, 3.05) is 12.3 Å². The molecule has 2 nitrogen and oxygen atoms in total. The Labute approximate surface area is 162 Å². The first-order valence-electron chi connectivity index (χ1n) is 8.49. The molecular formula is C22H18ClNOS. The maximum Gasteiger partial charge on any atom is 0.217 e. The summed E-state index contributed by atoms with van der Waals surface area (Å²) in [6.45, 7) is 0.596. The van der Waals surface area contributed by atoms with Gasteiger partial charge in [0.05, 0.1) is 11.6 Å². The molecule has 1 unspecified atom stereocenters. The molecule has 0 amide bonds. The van der Waals surface area contributed by atoms with Crippen molar-refractivity contribution in [1.82, 2.24) is 0 Å². The van der Waals surface area contributed by atoms with E-state index in [1.165, 1.54) is 0 Å². The second kappa shape index (κ2) is 7.56. The van der Waals surface area contributed by atoms with Crippen LogP contribution in [0.3, 0.4) is 0 Å². The van der Waals surface area contributed by atoms with Gasteiger partial charge in [0.1, 0.15) is 0 Å². The van der Waals surface area contributed by atoms with Gasteiger partial charge in [0.25, 0.3) is 0 Å². The molecule has 1 aliphatic rings. The standard InChI is InChI=1S/C22H18ClNOS/c23-19-13-7-8-14-20(19)26-16-22(18-11-5-2-6-12-18)15-24-21(25-22)17-9-3-1-4-10-17/h1-14H,15-16H2. The van der Waals surface area contributed by atoms with Gasteiger partial charge in [0, 0.05) is 16.2 Å². The Bertz CT molecular complexity index is 914. The third-order valence-electron chi connectivity index (χ3n) is 4.39. The van der Waals surface area contributed by atoms with Gasteiger partial charge in [-0.3, -0.25) is 0 Å². The van der Waals surface area contributed by atoms with Crippen LogP contribution in [0.2, 0.25) is 5.02 Å². The molecule has 1 atom stereocenters. The number of rotatable bonds is 5. The first kappa shape index (κ1) is 17.2. The second-order valence-electron chi connectivity index (χ2n) is 6.17. The number of hydrogen-bond donors (Lipinski definition) is 0. The number of hydrogen-bond acceptors (Lipinski definition) is 3. The molecule has 3 aromatic rings. The molecule has 1 heterocycles. The highest BCUT2D eigenvalue weighted by Gasteiger charge is 2.40. The average molecular weight is 380 g/mol. The minimum absolute atomic E-state index is 0.490. The van der Waals surface area contributed by atoms with Crippen molar-refractivity contribution < 1.29 is 4.74 Å². The van der Waals surface area contributed by atoms with E-state index in [4.69, 9.17) is 21.3 Å². The molecule has 0 bridgehead atoms. The SMILES string of the molecule is Clc1ccccc1SCC1(c2ccccc2)CN=C(c2ccccc2)O1. The van der Waals surface area contributed by atoms with Crippen molar-refractivity contribution in [2.24, 2.45) is 4.99 Å². The van der Waals surface area contributed by atoms with E-state index < -0.39 is 5.60 Å².